The summed E-state index contributed by atoms with van der Waals surface area (Å²) in [6, 6.07) is 13.7. The minimum absolute atomic E-state index is 0.0264. The molecule has 0 N–H and O–H groups in total. The van der Waals surface area contributed by atoms with Crippen molar-refractivity contribution in [2.45, 2.75) is 26.1 Å². The van der Waals surface area contributed by atoms with E-state index in [1.807, 2.05) is 50.2 Å². The summed E-state index contributed by atoms with van der Waals surface area (Å²) in [5, 5.41) is 0. The van der Waals surface area contributed by atoms with E-state index in [9.17, 15) is 9.00 Å². The molecule has 2 aromatic rings. The molecule has 0 aliphatic rings. The second-order valence-electron chi connectivity index (χ2n) is 6.29. The summed E-state index contributed by atoms with van der Waals surface area (Å²) in [5.74, 6) is 1.04. The van der Waals surface area contributed by atoms with Gasteiger partial charge in [0.2, 0.25) is 5.91 Å². The van der Waals surface area contributed by atoms with Gasteiger partial charge >= 0.3 is 0 Å². The van der Waals surface area contributed by atoms with Gasteiger partial charge in [-0.25, -0.2) is 0 Å². The maximum atomic E-state index is 12.4. The van der Waals surface area contributed by atoms with Gasteiger partial charge in [-0.3, -0.25) is 9.00 Å². The largest absolute Gasteiger partial charge is 0.496 e. The lowest BCUT2D eigenvalue weighted by atomic mass is 10.1. The molecule has 1 unspecified atom stereocenters. The lowest BCUT2D eigenvalue weighted by Crippen LogP contribution is -2.30. The summed E-state index contributed by atoms with van der Waals surface area (Å²) in [5.41, 5.74) is 4.23. The molecule has 0 bridgehead atoms. The number of aryl methyl sites for hydroxylation is 2. The Bertz CT molecular complexity index is 753. The molecule has 4 nitrogen and oxygen atoms in total. The number of nitrogens with zero attached hydrogens (tertiary/aromatic N) is 1. The van der Waals surface area contributed by atoms with Crippen molar-refractivity contribution in [1.82, 2.24) is 4.90 Å². The van der Waals surface area contributed by atoms with E-state index >= 15 is 0 Å². The van der Waals surface area contributed by atoms with E-state index in [-0.39, 0.29) is 11.7 Å². The van der Waals surface area contributed by atoms with E-state index in [2.05, 4.69) is 6.07 Å². The number of hydrogen-bond donors (Lipinski definition) is 0. The Balaban J connectivity index is 1.95. The highest BCUT2D eigenvalue weighted by Gasteiger charge is 2.15. The molecule has 1 atom stereocenters. The first-order chi connectivity index (χ1) is 11.9. The van der Waals surface area contributed by atoms with Crippen LogP contribution in [0.3, 0.4) is 0 Å². The maximum absolute atomic E-state index is 12.4. The number of carbonyl (C=O) groups excluding carboxylic acids is 1. The molecule has 0 heterocycles. The summed E-state index contributed by atoms with van der Waals surface area (Å²) in [6.45, 7) is 4.47. The minimum Gasteiger partial charge on any atom is -0.496 e. The van der Waals surface area contributed by atoms with E-state index < -0.39 is 10.8 Å². The monoisotopic (exact) mass is 359 g/mol. The van der Waals surface area contributed by atoms with Crippen LogP contribution in [0, 0.1) is 13.8 Å². The van der Waals surface area contributed by atoms with Crippen molar-refractivity contribution < 1.29 is 13.7 Å². The number of rotatable bonds is 7. The number of carbonyl (C=O) groups is 1. The van der Waals surface area contributed by atoms with E-state index in [0.717, 1.165) is 28.0 Å². The molecule has 0 saturated heterocycles. The Morgan fingerprint density at radius 3 is 2.40 bits per heavy atom. The first-order valence-corrected chi connectivity index (χ1v) is 9.66. The predicted molar refractivity (Wildman–Crippen MR) is 102 cm³/mol. The van der Waals surface area contributed by atoms with E-state index in [4.69, 9.17) is 4.74 Å². The lowest BCUT2D eigenvalue weighted by Gasteiger charge is -2.18. The van der Waals surface area contributed by atoms with Crippen LogP contribution in [0.1, 0.15) is 22.3 Å². The van der Waals surface area contributed by atoms with Gasteiger partial charge in [-0.1, -0.05) is 47.5 Å². The van der Waals surface area contributed by atoms with Gasteiger partial charge in [-0.05, 0) is 25.5 Å². The standard InChI is InChI=1S/C20H25NO3S/c1-15-9-16(2)11-17(10-15)13-25(23)14-20(22)21(3)12-18-7-5-6-8-19(18)24-4/h5-11H,12-14H2,1-4H3. The Morgan fingerprint density at radius 1 is 1.12 bits per heavy atom. The van der Waals surface area contributed by atoms with Crippen molar-refractivity contribution in [3.63, 3.8) is 0 Å². The Morgan fingerprint density at radius 2 is 1.76 bits per heavy atom. The van der Waals surface area contributed by atoms with Crippen molar-refractivity contribution >= 4 is 16.7 Å². The molecule has 0 aliphatic heterocycles. The van der Waals surface area contributed by atoms with Gasteiger partial charge in [0.25, 0.3) is 0 Å². The van der Waals surface area contributed by atoms with Crippen molar-refractivity contribution in [1.29, 1.82) is 0 Å². The fraction of sp³-hybridized carbons (Fsp3) is 0.350. The first-order valence-electron chi connectivity index (χ1n) is 8.17. The zero-order valence-corrected chi connectivity index (χ0v) is 16.1. The van der Waals surface area contributed by atoms with Gasteiger partial charge in [0, 0.05) is 35.7 Å². The highest BCUT2D eigenvalue weighted by molar-refractivity contribution is 7.84. The third-order valence-electron chi connectivity index (χ3n) is 3.92. The molecule has 0 aromatic heterocycles. The van der Waals surface area contributed by atoms with Crippen molar-refractivity contribution in [3.8, 4) is 5.75 Å². The van der Waals surface area contributed by atoms with Gasteiger partial charge in [-0.15, -0.1) is 0 Å². The van der Waals surface area contributed by atoms with Crippen LogP contribution in [0.2, 0.25) is 0 Å². The average molecular weight is 359 g/mol. The van der Waals surface area contributed by atoms with Crippen LogP contribution in [0.5, 0.6) is 5.75 Å². The summed E-state index contributed by atoms with van der Waals surface area (Å²) >= 11 is 0. The Labute approximate surface area is 152 Å². The Kier molecular flexibility index (Phi) is 6.76. The van der Waals surface area contributed by atoms with Crippen LogP contribution in [0.15, 0.2) is 42.5 Å². The summed E-state index contributed by atoms with van der Waals surface area (Å²) in [7, 11) is 2.11. The second-order valence-corrected chi connectivity index (χ2v) is 7.74. The molecule has 5 heteroatoms. The van der Waals surface area contributed by atoms with Gasteiger partial charge in [0.15, 0.2) is 0 Å². The number of para-hydroxylation sites is 1. The molecule has 2 aromatic carbocycles. The predicted octanol–water partition coefficient (Wildman–Crippen LogP) is 3.22. The molecule has 0 spiro atoms. The molecule has 2 rings (SSSR count). The number of benzene rings is 2. The normalized spacial score (nSPS) is 11.8. The zero-order valence-electron chi connectivity index (χ0n) is 15.2. The van der Waals surface area contributed by atoms with Crippen LogP contribution in [-0.4, -0.2) is 34.9 Å². The lowest BCUT2D eigenvalue weighted by molar-refractivity contribution is -0.127. The topological polar surface area (TPSA) is 46.6 Å². The molecule has 134 valence electrons. The highest BCUT2D eigenvalue weighted by atomic mass is 32.2. The van der Waals surface area contributed by atoms with Gasteiger partial charge in [0.1, 0.15) is 11.5 Å². The van der Waals surface area contributed by atoms with Crippen LogP contribution < -0.4 is 4.74 Å². The third kappa shape index (κ3) is 5.71. The van der Waals surface area contributed by atoms with Crippen LogP contribution in [-0.2, 0) is 27.9 Å². The fourth-order valence-electron chi connectivity index (χ4n) is 2.81. The van der Waals surface area contributed by atoms with E-state index in [0.29, 0.717) is 12.3 Å². The van der Waals surface area contributed by atoms with E-state index in [1.54, 1.807) is 19.1 Å². The summed E-state index contributed by atoms with van der Waals surface area (Å²) in [4.78, 5) is 14.0. The van der Waals surface area contributed by atoms with E-state index in [1.165, 1.54) is 0 Å². The minimum atomic E-state index is -1.23. The van der Waals surface area contributed by atoms with Crippen molar-refractivity contribution in [2.75, 3.05) is 19.9 Å². The highest BCUT2D eigenvalue weighted by Crippen LogP contribution is 2.19. The van der Waals surface area contributed by atoms with Crippen LogP contribution in [0.25, 0.3) is 0 Å². The molecule has 25 heavy (non-hydrogen) atoms. The summed E-state index contributed by atoms with van der Waals surface area (Å²) < 4.78 is 17.7. The van der Waals surface area contributed by atoms with Crippen molar-refractivity contribution in [3.05, 3.63) is 64.7 Å². The fourth-order valence-corrected chi connectivity index (χ4v) is 3.95. The molecule has 0 saturated carbocycles. The number of amides is 1. The van der Waals surface area contributed by atoms with Gasteiger partial charge in [-0.2, -0.15) is 0 Å². The molecule has 1 amide bonds. The summed E-state index contributed by atoms with van der Waals surface area (Å²) in [6.07, 6.45) is 0. The molecule has 0 aliphatic carbocycles. The van der Waals surface area contributed by atoms with Crippen molar-refractivity contribution in [2.24, 2.45) is 0 Å². The van der Waals surface area contributed by atoms with Gasteiger partial charge in [0.05, 0.1) is 7.11 Å². The Hall–Kier alpha value is -2.14. The number of hydrogen-bond acceptors (Lipinski definition) is 3. The van der Waals surface area contributed by atoms with Gasteiger partial charge < -0.3 is 9.64 Å². The maximum Gasteiger partial charge on any atom is 0.235 e. The second kappa shape index (κ2) is 8.81. The average Bonchev–Trinajstić information content (AvgIpc) is 2.54. The van der Waals surface area contributed by atoms with Crippen LogP contribution in [0.4, 0.5) is 0 Å². The number of ether oxygens (including phenoxy) is 1. The quantitative estimate of drug-likeness (QED) is 0.763. The molecular weight excluding hydrogens is 334 g/mol. The number of methoxy groups -OCH3 is 1. The first kappa shape index (κ1) is 19.2. The molecule has 0 fully saturated rings. The SMILES string of the molecule is COc1ccccc1CN(C)C(=O)CS(=O)Cc1cc(C)cc(C)c1. The zero-order chi connectivity index (χ0) is 18.4. The molecular formula is C20H25NO3S. The molecule has 0 radical (unpaired) electrons. The van der Waals surface area contributed by atoms with Crippen LogP contribution >= 0.6 is 0 Å². The smallest absolute Gasteiger partial charge is 0.235 e. The third-order valence-corrected chi connectivity index (χ3v) is 5.14.